The Morgan fingerprint density at radius 1 is 1.35 bits per heavy atom. The molecule has 7 nitrogen and oxygen atoms in total. The summed E-state index contributed by atoms with van der Waals surface area (Å²) in [6.07, 6.45) is -0.696. The summed E-state index contributed by atoms with van der Waals surface area (Å²) in [4.78, 5) is 15.9. The SMILES string of the molecule is CCOC(=O)Nc1nc2ccccc2n1C(=N)OCC(Cl)(Cl)Cl. The quantitative estimate of drug-likeness (QED) is 0.482. The fraction of sp³-hybridized carbons (Fsp3) is 0.308. The van der Waals surface area contributed by atoms with Crippen molar-refractivity contribution in [3.8, 4) is 0 Å². The summed E-state index contributed by atoms with van der Waals surface area (Å²) in [6.45, 7) is 1.55. The van der Waals surface area contributed by atoms with E-state index in [1.807, 2.05) is 0 Å². The number of carbonyl (C=O) groups is 1. The van der Waals surface area contributed by atoms with Gasteiger partial charge < -0.3 is 9.47 Å². The second-order valence-corrected chi connectivity index (χ2v) is 6.83. The molecule has 1 heterocycles. The van der Waals surface area contributed by atoms with Crippen LogP contribution in [0.5, 0.6) is 0 Å². The molecule has 10 heteroatoms. The Morgan fingerprint density at radius 2 is 2.04 bits per heavy atom. The largest absolute Gasteiger partial charge is 0.460 e. The zero-order valence-electron chi connectivity index (χ0n) is 12.0. The summed E-state index contributed by atoms with van der Waals surface area (Å²) in [5.41, 5.74) is 1.11. The van der Waals surface area contributed by atoms with Crippen LogP contribution in [0.1, 0.15) is 6.92 Å². The lowest BCUT2D eigenvalue weighted by Gasteiger charge is -2.15. The smallest absolute Gasteiger partial charge is 0.413 e. The van der Waals surface area contributed by atoms with Crippen molar-refractivity contribution in [2.24, 2.45) is 0 Å². The van der Waals surface area contributed by atoms with Crippen molar-refractivity contribution >= 4 is 63.9 Å². The maximum absolute atomic E-state index is 11.6. The van der Waals surface area contributed by atoms with Crippen molar-refractivity contribution in [1.29, 1.82) is 5.41 Å². The van der Waals surface area contributed by atoms with E-state index >= 15 is 0 Å². The first kappa shape index (κ1) is 17.7. The van der Waals surface area contributed by atoms with Crippen LogP contribution in [0, 0.1) is 5.41 Å². The number of benzene rings is 1. The number of carbonyl (C=O) groups excluding carboxylic acids is 1. The minimum absolute atomic E-state index is 0.0685. The predicted molar refractivity (Wildman–Crippen MR) is 89.7 cm³/mol. The van der Waals surface area contributed by atoms with Crippen molar-refractivity contribution in [3.63, 3.8) is 0 Å². The topological polar surface area (TPSA) is 89.2 Å². The molecule has 1 aromatic carbocycles. The second-order valence-electron chi connectivity index (χ2n) is 4.31. The zero-order chi connectivity index (χ0) is 17.0. The first-order valence-corrected chi connectivity index (χ1v) is 7.65. The summed E-state index contributed by atoms with van der Waals surface area (Å²) in [7, 11) is 0. The van der Waals surface area contributed by atoms with Gasteiger partial charge in [0.05, 0.1) is 17.6 Å². The summed E-state index contributed by atoms with van der Waals surface area (Å²) in [6, 6.07) is 6.63. The monoisotopic (exact) mass is 378 g/mol. The van der Waals surface area contributed by atoms with Crippen LogP contribution in [0.25, 0.3) is 11.0 Å². The van der Waals surface area contributed by atoms with Gasteiger partial charge in [-0.05, 0) is 19.1 Å². The van der Waals surface area contributed by atoms with Gasteiger partial charge in [0.2, 0.25) is 9.74 Å². The number of alkyl halides is 3. The van der Waals surface area contributed by atoms with E-state index in [0.29, 0.717) is 11.0 Å². The highest BCUT2D eigenvalue weighted by atomic mass is 35.6. The minimum Gasteiger partial charge on any atom is -0.460 e. The van der Waals surface area contributed by atoms with Crippen LogP contribution in [0.2, 0.25) is 0 Å². The molecule has 0 saturated heterocycles. The number of para-hydroxylation sites is 2. The Balaban J connectivity index is 2.34. The van der Waals surface area contributed by atoms with Gasteiger partial charge in [-0.3, -0.25) is 10.7 Å². The van der Waals surface area contributed by atoms with Gasteiger partial charge in [0, 0.05) is 0 Å². The van der Waals surface area contributed by atoms with Crippen LogP contribution in [-0.2, 0) is 9.47 Å². The second kappa shape index (κ2) is 7.25. The molecule has 2 aromatic rings. The molecule has 0 radical (unpaired) electrons. The van der Waals surface area contributed by atoms with Crippen LogP contribution >= 0.6 is 34.8 Å². The number of anilines is 1. The number of aromatic nitrogens is 2. The van der Waals surface area contributed by atoms with Gasteiger partial charge in [-0.15, -0.1) is 0 Å². The van der Waals surface area contributed by atoms with E-state index in [4.69, 9.17) is 49.7 Å². The van der Waals surface area contributed by atoms with Crippen molar-refractivity contribution in [2.45, 2.75) is 10.7 Å². The summed E-state index contributed by atoms with van der Waals surface area (Å²) < 4.78 is 9.58. The van der Waals surface area contributed by atoms with Crippen molar-refractivity contribution in [3.05, 3.63) is 24.3 Å². The van der Waals surface area contributed by atoms with Gasteiger partial charge in [0.1, 0.15) is 6.61 Å². The Hall–Kier alpha value is -1.70. The third kappa shape index (κ3) is 4.63. The lowest BCUT2D eigenvalue weighted by molar-refractivity contribution is 0.167. The van der Waals surface area contributed by atoms with E-state index < -0.39 is 9.89 Å². The molecule has 0 aliphatic heterocycles. The van der Waals surface area contributed by atoms with Gasteiger partial charge in [-0.1, -0.05) is 46.9 Å². The molecule has 0 aliphatic carbocycles. The van der Waals surface area contributed by atoms with Crippen LogP contribution in [0.15, 0.2) is 24.3 Å². The highest BCUT2D eigenvalue weighted by Gasteiger charge is 2.24. The van der Waals surface area contributed by atoms with Crippen molar-refractivity contribution in [1.82, 2.24) is 9.55 Å². The normalized spacial score (nSPS) is 11.3. The maximum atomic E-state index is 11.6. The van der Waals surface area contributed by atoms with Crippen molar-refractivity contribution in [2.75, 3.05) is 18.5 Å². The van der Waals surface area contributed by atoms with Crippen LogP contribution < -0.4 is 5.32 Å². The predicted octanol–water partition coefficient (Wildman–Crippen LogP) is 3.77. The van der Waals surface area contributed by atoms with Gasteiger partial charge in [-0.25, -0.2) is 14.3 Å². The average Bonchev–Trinajstić information content (AvgIpc) is 2.82. The zero-order valence-corrected chi connectivity index (χ0v) is 14.2. The number of hydrogen-bond acceptors (Lipinski definition) is 5. The molecule has 0 spiro atoms. The molecule has 1 amide bonds. The number of nitrogens with one attached hydrogen (secondary N) is 2. The number of fused-ring (bicyclic) bond motifs is 1. The summed E-state index contributed by atoms with van der Waals surface area (Å²) in [5, 5.41) is 10.5. The molecule has 0 fully saturated rings. The standard InChI is InChI=1S/C13H13Cl3N4O3/c1-2-22-12(21)19-11-18-8-5-3-4-6-9(8)20(11)10(17)23-7-13(14,15)16/h3-6,17H,2,7H2,1H3,(H,18,19,21). The molecule has 124 valence electrons. The Labute approximate surface area is 146 Å². The molecule has 0 bridgehead atoms. The van der Waals surface area contributed by atoms with Crippen LogP contribution in [0.4, 0.5) is 10.7 Å². The van der Waals surface area contributed by atoms with E-state index in [0.717, 1.165) is 0 Å². The van der Waals surface area contributed by atoms with Gasteiger partial charge >= 0.3 is 6.09 Å². The number of ether oxygens (including phenoxy) is 2. The highest BCUT2D eigenvalue weighted by molar-refractivity contribution is 6.67. The lowest BCUT2D eigenvalue weighted by Crippen LogP contribution is -2.25. The number of imidazole rings is 1. The molecular weight excluding hydrogens is 367 g/mol. The number of rotatable bonds is 3. The van der Waals surface area contributed by atoms with E-state index in [1.54, 1.807) is 31.2 Å². The number of amides is 1. The fourth-order valence-electron chi connectivity index (χ4n) is 1.79. The summed E-state index contributed by atoms with van der Waals surface area (Å²) >= 11 is 16.9. The third-order valence-corrected chi connectivity index (χ3v) is 2.95. The van der Waals surface area contributed by atoms with Crippen molar-refractivity contribution < 1.29 is 14.3 Å². The number of nitrogens with zero attached hydrogens (tertiary/aromatic N) is 2. The molecule has 0 aliphatic rings. The number of halogens is 3. The van der Waals surface area contributed by atoms with E-state index in [2.05, 4.69) is 10.3 Å². The Kier molecular flexibility index (Phi) is 5.56. The average molecular weight is 380 g/mol. The molecule has 0 saturated carbocycles. The van der Waals surface area contributed by atoms with Gasteiger partial charge in [0.25, 0.3) is 6.02 Å². The fourth-order valence-corrected chi connectivity index (χ4v) is 1.95. The number of hydrogen-bond donors (Lipinski definition) is 2. The third-order valence-electron chi connectivity index (χ3n) is 2.63. The highest BCUT2D eigenvalue weighted by Crippen LogP contribution is 2.27. The van der Waals surface area contributed by atoms with E-state index in [9.17, 15) is 4.79 Å². The van der Waals surface area contributed by atoms with E-state index in [1.165, 1.54) is 4.57 Å². The molecular formula is C13H13Cl3N4O3. The van der Waals surface area contributed by atoms with Gasteiger partial charge in [0.15, 0.2) is 0 Å². The molecule has 23 heavy (non-hydrogen) atoms. The molecule has 0 unspecified atom stereocenters. The first-order valence-electron chi connectivity index (χ1n) is 6.51. The maximum Gasteiger partial charge on any atom is 0.413 e. The van der Waals surface area contributed by atoms with Crippen LogP contribution in [0.3, 0.4) is 0 Å². The molecule has 1 aromatic heterocycles. The minimum atomic E-state index is -1.67. The molecule has 0 atom stereocenters. The van der Waals surface area contributed by atoms with Crippen LogP contribution in [-0.4, -0.2) is 38.7 Å². The first-order chi connectivity index (χ1) is 10.8. The molecule has 2 N–H and O–H groups in total. The van der Waals surface area contributed by atoms with Gasteiger partial charge in [-0.2, -0.15) is 0 Å². The van der Waals surface area contributed by atoms with E-state index in [-0.39, 0.29) is 25.2 Å². The lowest BCUT2D eigenvalue weighted by atomic mass is 10.3. The summed E-state index contributed by atoms with van der Waals surface area (Å²) in [5.74, 6) is 0.0685. The molecule has 2 rings (SSSR count). The Morgan fingerprint density at radius 3 is 2.70 bits per heavy atom. The Bertz CT molecular complexity index is 727.